The summed E-state index contributed by atoms with van der Waals surface area (Å²) in [6.45, 7) is 1.01. The number of nitrogens with zero attached hydrogens (tertiary/aromatic N) is 5. The number of amides is 3. The van der Waals surface area contributed by atoms with Gasteiger partial charge in [0.25, 0.3) is 11.8 Å². The maximum Gasteiger partial charge on any atom is 0.272 e. The molecular weight excluding hydrogens is 600 g/mol. The summed E-state index contributed by atoms with van der Waals surface area (Å²) in [4.78, 5) is 40.7. The fourth-order valence-electron chi connectivity index (χ4n) is 5.42. The zero-order chi connectivity index (χ0) is 33.5. The van der Waals surface area contributed by atoms with E-state index in [-0.39, 0.29) is 57.6 Å². The lowest BCUT2D eigenvalue weighted by Crippen LogP contribution is -2.50. The molecule has 0 saturated heterocycles. The monoisotopic (exact) mass is 628 g/mol. The highest BCUT2D eigenvalue weighted by Gasteiger charge is 2.31. The normalized spacial score (nSPS) is 14.2. The van der Waals surface area contributed by atoms with Crippen molar-refractivity contribution in [2.24, 2.45) is 13.0 Å². The fourth-order valence-corrected chi connectivity index (χ4v) is 5.42. The molecule has 2 aromatic carbocycles. The third-order valence-corrected chi connectivity index (χ3v) is 7.86. The van der Waals surface area contributed by atoms with E-state index in [1.165, 1.54) is 29.5 Å². The number of halogens is 1. The van der Waals surface area contributed by atoms with Crippen LogP contribution in [0.2, 0.25) is 0 Å². The minimum absolute atomic E-state index is 0.00460. The zero-order valence-electron chi connectivity index (χ0n) is 25.7. The first-order valence-corrected chi connectivity index (χ1v) is 14.8. The summed E-state index contributed by atoms with van der Waals surface area (Å²) in [5.74, 6) is -1.96. The minimum atomic E-state index is -2.08. The topological polar surface area (TPSA) is 143 Å². The number of hydrogen-bond donors (Lipinski definition) is 3. The van der Waals surface area contributed by atoms with Crippen LogP contribution in [0.15, 0.2) is 48.5 Å². The largest absolute Gasteiger partial charge is 0.494 e. The molecule has 0 bridgehead atoms. The zero-order valence-corrected chi connectivity index (χ0v) is 25.7. The molecule has 4 aromatic rings. The van der Waals surface area contributed by atoms with E-state index in [4.69, 9.17) is 28.3 Å². The van der Waals surface area contributed by atoms with Gasteiger partial charge in [-0.2, -0.15) is 5.10 Å². The first-order valence-electron chi connectivity index (χ1n) is 14.8. The molecule has 3 heterocycles. The van der Waals surface area contributed by atoms with Crippen LogP contribution in [0.3, 0.4) is 0 Å². The van der Waals surface area contributed by atoms with E-state index in [9.17, 15) is 14.4 Å². The van der Waals surface area contributed by atoms with E-state index >= 15 is 4.39 Å². The van der Waals surface area contributed by atoms with Gasteiger partial charge in [0.15, 0.2) is 17.3 Å². The maximum absolute atomic E-state index is 15.2. The molecule has 3 amide bonds. The molecule has 1 fully saturated rings. The van der Waals surface area contributed by atoms with E-state index in [0.717, 1.165) is 30.9 Å². The van der Waals surface area contributed by atoms with Crippen LogP contribution < -0.4 is 20.7 Å². The number of carbonyl (C=O) groups is 3. The van der Waals surface area contributed by atoms with Crippen molar-refractivity contribution in [3.63, 3.8) is 0 Å². The minimum Gasteiger partial charge on any atom is -0.494 e. The predicted octanol–water partition coefficient (Wildman–Crippen LogP) is 2.16. The fraction of sp³-hybridized carbons (Fsp3) is 0.290. The average molecular weight is 628 g/mol. The lowest BCUT2D eigenvalue weighted by Gasteiger charge is -2.28. The molecule has 12 nitrogen and oxygen atoms in total. The molecule has 2 aliphatic rings. The van der Waals surface area contributed by atoms with E-state index in [1.54, 1.807) is 18.0 Å². The van der Waals surface area contributed by atoms with Crippen LogP contribution in [-0.4, -0.2) is 85.0 Å². The standard InChI is InChI=1S/C31H28B3FN8O4/c1-42-24(30(46)43-10-9-16-5-3-4-6-18(16)15-43)13-21(41-42)20-11-19(35)12-23(27(20)47-2)36-22-14-25(37-28(44)17-7-8-17)39-40-26(22)29(45)38-31(32,33)34/h3-6,11-14,17H,7-10,15H2,1-2H3,(H,38,45)(H2,36,37,39,44). The number of fused-ring (bicyclic) bond motifs is 1. The molecule has 16 heteroatoms. The molecule has 0 unspecified atom stereocenters. The van der Waals surface area contributed by atoms with Crippen LogP contribution in [0, 0.1) is 11.7 Å². The van der Waals surface area contributed by atoms with Crippen molar-refractivity contribution >= 4 is 58.5 Å². The van der Waals surface area contributed by atoms with E-state index in [0.29, 0.717) is 18.8 Å². The van der Waals surface area contributed by atoms with Crippen molar-refractivity contribution in [2.75, 3.05) is 24.3 Å². The number of carbonyl (C=O) groups excluding carboxylic acids is 3. The number of ether oxygens (including phenoxy) is 1. The Balaban J connectivity index is 1.33. The van der Waals surface area contributed by atoms with Crippen LogP contribution in [0.5, 0.6) is 5.75 Å². The van der Waals surface area contributed by atoms with Crippen molar-refractivity contribution in [2.45, 2.75) is 31.0 Å². The molecule has 0 atom stereocenters. The van der Waals surface area contributed by atoms with Crippen molar-refractivity contribution in [1.29, 1.82) is 0 Å². The Morgan fingerprint density at radius 1 is 1.02 bits per heavy atom. The number of nitrogens with one attached hydrogen (secondary N) is 3. The highest BCUT2D eigenvalue weighted by atomic mass is 19.1. The van der Waals surface area contributed by atoms with Gasteiger partial charge in [-0.15, -0.1) is 10.2 Å². The molecular formula is C31H28B3FN8O4. The predicted molar refractivity (Wildman–Crippen MR) is 174 cm³/mol. The van der Waals surface area contributed by atoms with E-state index in [2.05, 4.69) is 37.3 Å². The molecule has 3 N–H and O–H groups in total. The van der Waals surface area contributed by atoms with Gasteiger partial charge in [-0.25, -0.2) is 4.39 Å². The van der Waals surface area contributed by atoms with Crippen LogP contribution in [0.4, 0.5) is 21.6 Å². The summed E-state index contributed by atoms with van der Waals surface area (Å²) < 4.78 is 22.4. The van der Waals surface area contributed by atoms with Crippen LogP contribution >= 0.6 is 0 Å². The van der Waals surface area contributed by atoms with Crippen LogP contribution in [0.1, 0.15) is 44.9 Å². The second kappa shape index (κ2) is 12.6. The maximum atomic E-state index is 15.2. The Morgan fingerprint density at radius 2 is 1.77 bits per heavy atom. The number of benzene rings is 2. The van der Waals surface area contributed by atoms with Crippen LogP contribution in [0.25, 0.3) is 11.3 Å². The second-order valence-electron chi connectivity index (χ2n) is 11.6. The van der Waals surface area contributed by atoms with Gasteiger partial charge < -0.3 is 25.6 Å². The van der Waals surface area contributed by atoms with Gasteiger partial charge in [-0.1, -0.05) is 29.5 Å². The van der Waals surface area contributed by atoms with E-state index in [1.807, 2.05) is 18.2 Å². The first kappa shape index (κ1) is 31.8. The van der Waals surface area contributed by atoms with E-state index < -0.39 is 17.0 Å². The smallest absolute Gasteiger partial charge is 0.272 e. The molecule has 1 aliphatic carbocycles. The lowest BCUT2D eigenvalue weighted by molar-refractivity contribution is -0.117. The third-order valence-electron chi connectivity index (χ3n) is 7.86. The second-order valence-corrected chi connectivity index (χ2v) is 11.6. The summed E-state index contributed by atoms with van der Waals surface area (Å²) in [5.41, 5.74) is 2.89. The van der Waals surface area contributed by atoms with Gasteiger partial charge in [-0.3, -0.25) is 19.1 Å². The molecule has 47 heavy (non-hydrogen) atoms. The molecule has 232 valence electrons. The quantitative estimate of drug-likeness (QED) is 0.240. The summed E-state index contributed by atoms with van der Waals surface area (Å²) >= 11 is 0. The first-order chi connectivity index (χ1) is 22.4. The molecule has 6 rings (SSSR count). The summed E-state index contributed by atoms with van der Waals surface area (Å²) in [7, 11) is 19.7. The van der Waals surface area contributed by atoms with Crippen molar-refractivity contribution in [1.82, 2.24) is 30.2 Å². The van der Waals surface area contributed by atoms with Gasteiger partial charge in [0.1, 0.15) is 11.5 Å². The van der Waals surface area contributed by atoms with Crippen LogP contribution in [-0.2, 0) is 24.8 Å². The third kappa shape index (κ3) is 7.01. The Morgan fingerprint density at radius 3 is 2.47 bits per heavy atom. The summed E-state index contributed by atoms with van der Waals surface area (Å²) in [6, 6.07) is 13.3. The van der Waals surface area contributed by atoms with Crippen molar-refractivity contribution in [3.8, 4) is 17.0 Å². The molecule has 1 saturated carbocycles. The Kier molecular flexibility index (Phi) is 8.52. The number of aryl methyl sites for hydroxylation is 1. The van der Waals surface area contributed by atoms with Gasteiger partial charge in [0.2, 0.25) is 5.91 Å². The molecule has 0 spiro atoms. The van der Waals surface area contributed by atoms with Crippen molar-refractivity contribution < 1.29 is 23.5 Å². The van der Waals surface area contributed by atoms with Gasteiger partial charge in [-0.05, 0) is 42.5 Å². The van der Waals surface area contributed by atoms with Gasteiger partial charge >= 0.3 is 0 Å². The lowest BCUT2D eigenvalue weighted by atomic mass is 9.49. The summed E-state index contributed by atoms with van der Waals surface area (Å²) in [5, 5.41) is 18.1. The average Bonchev–Trinajstić information content (AvgIpc) is 3.81. The number of rotatable bonds is 9. The Hall–Kier alpha value is -5.14. The molecule has 1 aliphatic heterocycles. The Bertz CT molecular complexity index is 1890. The molecule has 2 aromatic heterocycles. The number of hydrogen-bond acceptors (Lipinski definition) is 8. The SMILES string of the molecule is [B]C([B])([B])NC(=O)c1nnc(NC(=O)C2CC2)cc1Nc1cc(F)cc(-c2cc(C(=O)N3CCc4ccccc4C3)n(C)n2)c1OC. The van der Waals surface area contributed by atoms with Crippen molar-refractivity contribution in [3.05, 3.63) is 76.9 Å². The number of methoxy groups -OCH3 is 1. The van der Waals surface area contributed by atoms with Gasteiger partial charge in [0.05, 0.1) is 47.7 Å². The summed E-state index contributed by atoms with van der Waals surface area (Å²) in [6.07, 6.45) is 2.25. The number of aromatic nitrogens is 4. The highest BCUT2D eigenvalue weighted by Crippen LogP contribution is 2.39. The number of anilines is 3. The Labute approximate surface area is 274 Å². The van der Waals surface area contributed by atoms with Gasteiger partial charge in [0, 0.05) is 43.8 Å². The molecule has 6 radical (unpaired) electrons. The highest BCUT2D eigenvalue weighted by molar-refractivity contribution is 6.60.